The summed E-state index contributed by atoms with van der Waals surface area (Å²) in [6, 6.07) is 8.71. The van der Waals surface area contributed by atoms with Gasteiger partial charge >= 0.3 is 0 Å². The summed E-state index contributed by atoms with van der Waals surface area (Å²) in [6.45, 7) is 4.51. The van der Waals surface area contributed by atoms with Gasteiger partial charge in [0.05, 0.1) is 11.6 Å². The molecule has 2 heterocycles. The molecule has 4 rings (SSSR count). The Hall–Kier alpha value is -1.94. The molecule has 0 aliphatic carbocycles. The largest absolute Gasteiger partial charge is 0.326 e. The maximum absolute atomic E-state index is 13.8. The van der Waals surface area contributed by atoms with Gasteiger partial charge in [0, 0.05) is 41.2 Å². The number of piperidine rings is 1. The van der Waals surface area contributed by atoms with E-state index in [-0.39, 0.29) is 23.3 Å². The number of aryl methyl sites for hydroxylation is 1. The summed E-state index contributed by atoms with van der Waals surface area (Å²) >= 11 is 9.50. The van der Waals surface area contributed by atoms with Crippen LogP contribution >= 0.6 is 27.5 Å². The third kappa shape index (κ3) is 4.89. The van der Waals surface area contributed by atoms with E-state index < -0.39 is 15.9 Å². The molecular formula is C24H27BrClN3O4S. The summed E-state index contributed by atoms with van der Waals surface area (Å²) in [4.78, 5) is 27.2. The first-order valence-electron chi connectivity index (χ1n) is 11.3. The van der Waals surface area contributed by atoms with E-state index in [1.54, 1.807) is 30.0 Å². The molecular weight excluding hydrogens is 542 g/mol. The quantitative estimate of drug-likeness (QED) is 0.564. The number of hydrogen-bond donors (Lipinski definition) is 1. The Kier molecular flexibility index (Phi) is 7.38. The lowest BCUT2D eigenvalue weighted by Gasteiger charge is -2.32. The van der Waals surface area contributed by atoms with Gasteiger partial charge in [-0.15, -0.1) is 0 Å². The van der Waals surface area contributed by atoms with Crippen molar-refractivity contribution in [3.05, 3.63) is 51.0 Å². The van der Waals surface area contributed by atoms with Crippen LogP contribution in [-0.4, -0.2) is 44.2 Å². The topological polar surface area (TPSA) is 86.8 Å². The SMILES string of the molecule is CCC(=O)N1CCc2cc(Br)cc(S(=O)(=O)N3CCC[C@@H](C(=O)Nc4cc(Cl)ccc4C)C3)c21. The molecule has 0 spiro atoms. The fourth-order valence-electron chi connectivity index (χ4n) is 4.58. The Balaban J connectivity index is 1.61. The first kappa shape index (κ1) is 25.2. The molecule has 1 N–H and O–H groups in total. The average molecular weight is 569 g/mol. The van der Waals surface area contributed by atoms with Crippen LogP contribution in [0.25, 0.3) is 0 Å². The standard InChI is InChI=1S/C24H27BrClN3O4S/c1-3-22(30)29-10-8-16-11-18(25)12-21(23(16)29)34(32,33)28-9-4-5-17(14-28)24(31)27-20-13-19(26)7-6-15(20)2/h6-7,11-13,17H,3-5,8-10,14H2,1-2H3,(H,27,31)/t17-/m1/s1. The highest BCUT2D eigenvalue weighted by atomic mass is 79.9. The second-order valence-electron chi connectivity index (χ2n) is 8.71. The van der Waals surface area contributed by atoms with Crippen molar-refractivity contribution < 1.29 is 18.0 Å². The summed E-state index contributed by atoms with van der Waals surface area (Å²) in [7, 11) is -3.93. The Morgan fingerprint density at radius 1 is 1.21 bits per heavy atom. The molecule has 2 aliphatic heterocycles. The summed E-state index contributed by atoms with van der Waals surface area (Å²) < 4.78 is 29.6. The van der Waals surface area contributed by atoms with Crippen LogP contribution < -0.4 is 10.2 Å². The second kappa shape index (κ2) is 9.97. The fraction of sp³-hybridized carbons (Fsp3) is 0.417. The molecule has 34 heavy (non-hydrogen) atoms. The minimum absolute atomic E-state index is 0.0801. The number of benzene rings is 2. The first-order chi connectivity index (χ1) is 16.1. The van der Waals surface area contributed by atoms with Gasteiger partial charge in [-0.3, -0.25) is 9.59 Å². The molecule has 2 aromatic rings. The number of halogens is 2. The number of hydrogen-bond acceptors (Lipinski definition) is 4. The number of carbonyl (C=O) groups excluding carboxylic acids is 2. The van der Waals surface area contributed by atoms with Gasteiger partial charge in [-0.1, -0.05) is 40.5 Å². The number of anilines is 2. The molecule has 0 radical (unpaired) electrons. The number of nitrogens with zero attached hydrogens (tertiary/aromatic N) is 2. The number of rotatable bonds is 5. The van der Waals surface area contributed by atoms with Gasteiger partial charge in [-0.2, -0.15) is 4.31 Å². The summed E-state index contributed by atoms with van der Waals surface area (Å²) in [5.74, 6) is -0.826. The zero-order chi connectivity index (χ0) is 24.6. The number of fused-ring (bicyclic) bond motifs is 1. The van der Waals surface area contributed by atoms with Gasteiger partial charge in [0.15, 0.2) is 0 Å². The van der Waals surface area contributed by atoms with Gasteiger partial charge in [-0.05, 0) is 61.6 Å². The van der Waals surface area contributed by atoms with Gasteiger partial charge in [0.2, 0.25) is 21.8 Å². The van der Waals surface area contributed by atoms with Crippen molar-refractivity contribution in [1.82, 2.24) is 4.31 Å². The summed E-state index contributed by atoms with van der Waals surface area (Å²) in [5.41, 5.74) is 2.80. The first-order valence-corrected chi connectivity index (χ1v) is 13.9. The minimum Gasteiger partial charge on any atom is -0.326 e. The lowest BCUT2D eigenvalue weighted by Crippen LogP contribution is -2.44. The Morgan fingerprint density at radius 2 is 1.97 bits per heavy atom. The second-order valence-corrected chi connectivity index (χ2v) is 12.0. The molecule has 2 amide bonds. The van der Waals surface area contributed by atoms with Crippen molar-refractivity contribution in [2.24, 2.45) is 5.92 Å². The van der Waals surface area contributed by atoms with Crippen molar-refractivity contribution in [1.29, 1.82) is 0 Å². The number of carbonyl (C=O) groups is 2. The molecule has 0 unspecified atom stereocenters. The summed E-state index contributed by atoms with van der Waals surface area (Å²) in [6.07, 6.45) is 2.06. The smallest absolute Gasteiger partial charge is 0.245 e. The van der Waals surface area contributed by atoms with Gasteiger partial charge in [0.1, 0.15) is 4.90 Å². The normalized spacial score (nSPS) is 18.6. The molecule has 1 atom stereocenters. The molecule has 0 aromatic heterocycles. The van der Waals surface area contributed by atoms with Crippen molar-refractivity contribution in [3.8, 4) is 0 Å². The van der Waals surface area contributed by atoms with E-state index in [1.165, 1.54) is 4.31 Å². The predicted molar refractivity (Wildman–Crippen MR) is 137 cm³/mol. The number of nitrogens with one attached hydrogen (secondary N) is 1. The fourth-order valence-corrected chi connectivity index (χ4v) is 7.20. The Labute approximate surface area is 213 Å². The van der Waals surface area contributed by atoms with E-state index in [0.717, 1.165) is 11.1 Å². The minimum atomic E-state index is -3.93. The molecule has 1 fully saturated rings. The van der Waals surface area contributed by atoms with Gasteiger partial charge < -0.3 is 10.2 Å². The van der Waals surface area contributed by atoms with Crippen LogP contribution in [0, 0.1) is 12.8 Å². The van der Waals surface area contributed by atoms with E-state index in [9.17, 15) is 18.0 Å². The maximum atomic E-state index is 13.8. The molecule has 1 saturated heterocycles. The lowest BCUT2D eigenvalue weighted by molar-refractivity contribution is -0.121. The molecule has 10 heteroatoms. The van der Waals surface area contributed by atoms with E-state index in [2.05, 4.69) is 21.2 Å². The predicted octanol–water partition coefficient (Wildman–Crippen LogP) is 4.75. The zero-order valence-electron chi connectivity index (χ0n) is 19.1. The highest BCUT2D eigenvalue weighted by molar-refractivity contribution is 9.10. The number of sulfonamides is 1. The monoisotopic (exact) mass is 567 g/mol. The molecule has 7 nitrogen and oxygen atoms in total. The van der Waals surface area contributed by atoms with Crippen molar-refractivity contribution >= 4 is 60.7 Å². The van der Waals surface area contributed by atoms with E-state index >= 15 is 0 Å². The van der Waals surface area contributed by atoms with Crippen LogP contribution in [0.1, 0.15) is 37.3 Å². The van der Waals surface area contributed by atoms with Crippen LogP contribution in [0.5, 0.6) is 0 Å². The van der Waals surface area contributed by atoms with Crippen LogP contribution in [0.3, 0.4) is 0 Å². The van der Waals surface area contributed by atoms with Crippen LogP contribution in [0.15, 0.2) is 39.7 Å². The van der Waals surface area contributed by atoms with E-state index in [4.69, 9.17) is 11.6 Å². The lowest BCUT2D eigenvalue weighted by atomic mass is 9.98. The van der Waals surface area contributed by atoms with Crippen molar-refractivity contribution in [2.75, 3.05) is 29.9 Å². The Bertz CT molecular complexity index is 1250. The zero-order valence-corrected chi connectivity index (χ0v) is 22.3. The van der Waals surface area contributed by atoms with Crippen LogP contribution in [-0.2, 0) is 26.0 Å². The van der Waals surface area contributed by atoms with Crippen molar-refractivity contribution in [3.63, 3.8) is 0 Å². The van der Waals surface area contributed by atoms with Crippen LogP contribution in [0.4, 0.5) is 11.4 Å². The molecule has 0 bridgehead atoms. The average Bonchev–Trinajstić information content (AvgIpc) is 3.24. The Morgan fingerprint density at radius 3 is 2.71 bits per heavy atom. The molecule has 2 aromatic carbocycles. The molecule has 0 saturated carbocycles. The highest BCUT2D eigenvalue weighted by Gasteiger charge is 2.38. The van der Waals surface area contributed by atoms with Crippen LogP contribution in [0.2, 0.25) is 5.02 Å². The van der Waals surface area contributed by atoms with E-state index in [1.807, 2.05) is 19.1 Å². The third-order valence-corrected chi connectivity index (χ3v) is 9.00. The number of amides is 2. The molecule has 2 aliphatic rings. The van der Waals surface area contributed by atoms with Gasteiger partial charge in [0.25, 0.3) is 0 Å². The third-order valence-electron chi connectivity index (χ3n) is 6.43. The van der Waals surface area contributed by atoms with Gasteiger partial charge in [-0.25, -0.2) is 8.42 Å². The maximum Gasteiger partial charge on any atom is 0.245 e. The highest BCUT2D eigenvalue weighted by Crippen LogP contribution is 2.40. The summed E-state index contributed by atoms with van der Waals surface area (Å²) in [5, 5.41) is 3.42. The van der Waals surface area contributed by atoms with E-state index in [0.29, 0.717) is 59.6 Å². The molecule has 182 valence electrons. The van der Waals surface area contributed by atoms with Crippen molar-refractivity contribution in [2.45, 2.75) is 44.4 Å².